The maximum absolute atomic E-state index is 13.2. The van der Waals surface area contributed by atoms with Crippen molar-refractivity contribution < 1.29 is 9.59 Å². The van der Waals surface area contributed by atoms with E-state index >= 15 is 0 Å². The van der Waals surface area contributed by atoms with E-state index in [4.69, 9.17) is 9.97 Å². The van der Waals surface area contributed by atoms with Crippen molar-refractivity contribution in [1.82, 2.24) is 19.8 Å². The van der Waals surface area contributed by atoms with Crippen LogP contribution in [0.3, 0.4) is 0 Å². The minimum absolute atomic E-state index is 0.0459. The molecule has 3 heterocycles. The van der Waals surface area contributed by atoms with Gasteiger partial charge in [0, 0.05) is 50.2 Å². The van der Waals surface area contributed by atoms with Gasteiger partial charge in [0.25, 0.3) is 5.91 Å². The summed E-state index contributed by atoms with van der Waals surface area (Å²) in [5.74, 6) is 1.31. The number of nitrogens with one attached hydrogen (secondary N) is 1. The maximum atomic E-state index is 13.2. The van der Waals surface area contributed by atoms with Gasteiger partial charge >= 0.3 is 0 Å². The second kappa shape index (κ2) is 9.24. The van der Waals surface area contributed by atoms with Crippen LogP contribution in [-0.2, 0) is 17.8 Å². The summed E-state index contributed by atoms with van der Waals surface area (Å²) in [5, 5.41) is 3.65. The summed E-state index contributed by atoms with van der Waals surface area (Å²) < 4.78 is 0. The van der Waals surface area contributed by atoms with Crippen LogP contribution >= 0.6 is 0 Å². The normalized spacial score (nSPS) is 16.3. The Labute approximate surface area is 202 Å². The summed E-state index contributed by atoms with van der Waals surface area (Å²) in [5.41, 5.74) is 3.55. The monoisotopic (exact) mass is 464 g/mol. The molecule has 1 fully saturated rings. The predicted molar refractivity (Wildman–Crippen MR) is 134 cm³/mol. The molecular formula is C26H36N6O2. The van der Waals surface area contributed by atoms with E-state index in [2.05, 4.69) is 55.3 Å². The molecule has 0 spiro atoms. The molecule has 2 aliphatic heterocycles. The van der Waals surface area contributed by atoms with E-state index in [0.29, 0.717) is 44.4 Å². The topological polar surface area (TPSA) is 81.7 Å². The first kappa shape index (κ1) is 24.0. The van der Waals surface area contributed by atoms with Crippen LogP contribution in [0.25, 0.3) is 0 Å². The first-order chi connectivity index (χ1) is 16.0. The molecule has 1 saturated heterocycles. The van der Waals surface area contributed by atoms with E-state index in [-0.39, 0.29) is 23.4 Å². The average Bonchev–Trinajstić information content (AvgIpc) is 3.12. The quantitative estimate of drug-likeness (QED) is 0.707. The molecular weight excluding hydrogens is 428 g/mol. The van der Waals surface area contributed by atoms with Crippen molar-refractivity contribution in [2.45, 2.75) is 66.1 Å². The SMILES string of the molecule is CC(=O)N1CCN(c2nc(NC(C)(C)Cc3ccc(C)cc3)c3c(n2)C(=O)N(C(C)C)C3)CC1. The van der Waals surface area contributed by atoms with E-state index in [1.54, 1.807) is 6.92 Å². The average molecular weight is 465 g/mol. The van der Waals surface area contributed by atoms with Crippen molar-refractivity contribution in [1.29, 1.82) is 0 Å². The minimum atomic E-state index is -0.281. The molecule has 1 N–H and O–H groups in total. The molecule has 0 saturated carbocycles. The second-order valence-electron chi connectivity index (χ2n) is 10.4. The summed E-state index contributed by atoms with van der Waals surface area (Å²) in [4.78, 5) is 40.3. The highest BCUT2D eigenvalue weighted by atomic mass is 16.2. The number of hydrogen-bond acceptors (Lipinski definition) is 6. The Morgan fingerprint density at radius 1 is 1.09 bits per heavy atom. The zero-order valence-corrected chi connectivity index (χ0v) is 21.2. The van der Waals surface area contributed by atoms with Gasteiger partial charge in [0.1, 0.15) is 11.5 Å². The molecule has 4 rings (SSSR count). The third-order valence-corrected chi connectivity index (χ3v) is 6.64. The molecule has 34 heavy (non-hydrogen) atoms. The molecule has 2 aromatic rings. The van der Waals surface area contributed by atoms with Gasteiger partial charge in [-0.2, -0.15) is 4.98 Å². The molecule has 1 aromatic carbocycles. The molecule has 0 aliphatic carbocycles. The van der Waals surface area contributed by atoms with Crippen LogP contribution in [0.15, 0.2) is 24.3 Å². The number of fused-ring (bicyclic) bond motifs is 1. The van der Waals surface area contributed by atoms with E-state index in [0.717, 1.165) is 17.8 Å². The van der Waals surface area contributed by atoms with Crippen molar-refractivity contribution in [2.75, 3.05) is 36.4 Å². The Bertz CT molecular complexity index is 1070. The second-order valence-corrected chi connectivity index (χ2v) is 10.4. The van der Waals surface area contributed by atoms with Crippen LogP contribution < -0.4 is 10.2 Å². The summed E-state index contributed by atoms with van der Waals surface area (Å²) in [6.45, 7) is 15.1. The highest BCUT2D eigenvalue weighted by Gasteiger charge is 2.36. The number of carbonyl (C=O) groups excluding carboxylic acids is 2. The fourth-order valence-corrected chi connectivity index (χ4v) is 4.64. The fraction of sp³-hybridized carbons (Fsp3) is 0.538. The Hall–Kier alpha value is -3.16. The number of carbonyl (C=O) groups is 2. The molecule has 8 nitrogen and oxygen atoms in total. The lowest BCUT2D eigenvalue weighted by molar-refractivity contribution is -0.129. The van der Waals surface area contributed by atoms with Gasteiger partial charge in [-0.25, -0.2) is 4.98 Å². The first-order valence-electron chi connectivity index (χ1n) is 12.1. The van der Waals surface area contributed by atoms with Gasteiger partial charge in [-0.05, 0) is 46.6 Å². The molecule has 0 radical (unpaired) electrons. The highest BCUT2D eigenvalue weighted by molar-refractivity contribution is 5.98. The van der Waals surface area contributed by atoms with Gasteiger partial charge in [0.2, 0.25) is 11.9 Å². The predicted octanol–water partition coefficient (Wildman–Crippen LogP) is 3.25. The number of anilines is 2. The zero-order chi connectivity index (χ0) is 24.6. The Balaban J connectivity index is 1.64. The number of amides is 2. The maximum Gasteiger partial charge on any atom is 0.273 e. The van der Waals surface area contributed by atoms with Crippen LogP contribution in [0.1, 0.15) is 61.8 Å². The van der Waals surface area contributed by atoms with Gasteiger partial charge < -0.3 is 20.0 Å². The number of rotatable bonds is 6. The van der Waals surface area contributed by atoms with Crippen molar-refractivity contribution >= 4 is 23.6 Å². The molecule has 2 aliphatic rings. The fourth-order valence-electron chi connectivity index (χ4n) is 4.64. The number of benzene rings is 1. The Kier molecular flexibility index (Phi) is 6.51. The number of nitrogens with zero attached hydrogens (tertiary/aromatic N) is 5. The summed E-state index contributed by atoms with van der Waals surface area (Å²) in [7, 11) is 0. The molecule has 182 valence electrons. The van der Waals surface area contributed by atoms with Crippen LogP contribution in [-0.4, -0.2) is 69.3 Å². The molecule has 0 unspecified atom stereocenters. The number of piperazine rings is 1. The van der Waals surface area contributed by atoms with E-state index in [1.807, 2.05) is 23.6 Å². The standard InChI is InChI=1S/C26H36N6O2/c1-17(2)32-16-21-22(24(32)34)27-25(31-13-11-30(12-14-31)19(4)33)28-23(21)29-26(5,6)15-20-9-7-18(3)8-10-20/h7-10,17H,11-16H2,1-6H3,(H,27,28,29). The van der Waals surface area contributed by atoms with Crippen molar-refractivity contribution in [3.05, 3.63) is 46.6 Å². The Morgan fingerprint density at radius 3 is 2.32 bits per heavy atom. The highest BCUT2D eigenvalue weighted by Crippen LogP contribution is 2.32. The van der Waals surface area contributed by atoms with Gasteiger partial charge in [-0.1, -0.05) is 29.8 Å². The first-order valence-corrected chi connectivity index (χ1v) is 12.1. The molecule has 0 atom stereocenters. The molecule has 8 heteroatoms. The summed E-state index contributed by atoms with van der Waals surface area (Å²) in [6, 6.07) is 8.66. The summed E-state index contributed by atoms with van der Waals surface area (Å²) >= 11 is 0. The third-order valence-electron chi connectivity index (χ3n) is 6.64. The Morgan fingerprint density at radius 2 is 1.74 bits per heavy atom. The van der Waals surface area contributed by atoms with Gasteiger partial charge in [-0.15, -0.1) is 0 Å². The lowest BCUT2D eigenvalue weighted by Crippen LogP contribution is -2.48. The van der Waals surface area contributed by atoms with E-state index in [1.165, 1.54) is 11.1 Å². The summed E-state index contributed by atoms with van der Waals surface area (Å²) in [6.07, 6.45) is 0.820. The molecule has 1 aromatic heterocycles. The lowest BCUT2D eigenvalue weighted by atomic mass is 9.94. The third kappa shape index (κ3) is 5.00. The number of aromatic nitrogens is 2. The molecule has 2 amide bonds. The minimum Gasteiger partial charge on any atom is -0.364 e. The van der Waals surface area contributed by atoms with Crippen LogP contribution in [0, 0.1) is 6.92 Å². The van der Waals surface area contributed by atoms with Crippen LogP contribution in [0.5, 0.6) is 0 Å². The van der Waals surface area contributed by atoms with Gasteiger partial charge in [-0.3, -0.25) is 9.59 Å². The zero-order valence-electron chi connectivity index (χ0n) is 21.2. The van der Waals surface area contributed by atoms with E-state index < -0.39 is 0 Å². The van der Waals surface area contributed by atoms with Crippen LogP contribution in [0.4, 0.5) is 11.8 Å². The lowest BCUT2D eigenvalue weighted by Gasteiger charge is -2.35. The smallest absolute Gasteiger partial charge is 0.273 e. The number of aryl methyl sites for hydroxylation is 1. The number of hydrogen-bond donors (Lipinski definition) is 1. The van der Waals surface area contributed by atoms with Crippen molar-refractivity contribution in [2.24, 2.45) is 0 Å². The van der Waals surface area contributed by atoms with Gasteiger partial charge in [0.05, 0.1) is 6.54 Å². The van der Waals surface area contributed by atoms with Crippen molar-refractivity contribution in [3.63, 3.8) is 0 Å². The largest absolute Gasteiger partial charge is 0.364 e. The van der Waals surface area contributed by atoms with Crippen LogP contribution in [0.2, 0.25) is 0 Å². The van der Waals surface area contributed by atoms with E-state index in [9.17, 15) is 9.59 Å². The van der Waals surface area contributed by atoms with Crippen molar-refractivity contribution in [3.8, 4) is 0 Å². The van der Waals surface area contributed by atoms with Gasteiger partial charge in [0.15, 0.2) is 0 Å². The molecule has 0 bridgehead atoms.